The van der Waals surface area contributed by atoms with Crippen LogP contribution >= 0.6 is 0 Å². The van der Waals surface area contributed by atoms with Gasteiger partial charge in [0.2, 0.25) is 11.7 Å². The molecule has 0 bridgehead atoms. The molecule has 1 heterocycles. The van der Waals surface area contributed by atoms with Crippen molar-refractivity contribution in [2.24, 2.45) is 0 Å². The first-order valence-corrected chi connectivity index (χ1v) is 12.9. The average molecular weight is 539 g/mol. The SMILES string of the molecule is CCC(=O)C(=O)N(CCc1cc(OC)ccc1OC)[C@@H]1C=C(C(=O)NCCO)[C@@H]2c3ccccc3O[C@@H]2[C@H]1O. The van der Waals surface area contributed by atoms with E-state index < -0.39 is 41.8 Å². The number of amides is 2. The van der Waals surface area contributed by atoms with Gasteiger partial charge in [0.25, 0.3) is 5.91 Å². The summed E-state index contributed by atoms with van der Waals surface area (Å²) in [6.07, 6.45) is -0.250. The second-order valence-corrected chi connectivity index (χ2v) is 9.38. The standard InChI is InChI=1S/C29H34N2O8/c1-4-22(33)29(36)31(13-11-17-15-18(37-2)9-10-23(17)38-3)21-16-20(28(35)30-12-14-32)25-19-7-5-6-8-24(19)39-27(25)26(21)34/h5-10,15-16,21,25-27,32,34H,4,11-14H2,1-3H3,(H,30,35)/t21-,25+,26+,27+/m1/s1. The molecule has 0 fully saturated rings. The Morgan fingerprint density at radius 2 is 1.87 bits per heavy atom. The van der Waals surface area contributed by atoms with Gasteiger partial charge in [-0.1, -0.05) is 25.1 Å². The molecule has 0 spiro atoms. The smallest absolute Gasteiger partial charge is 0.290 e. The lowest BCUT2D eigenvalue weighted by molar-refractivity contribution is -0.148. The third kappa shape index (κ3) is 5.62. The monoisotopic (exact) mass is 538 g/mol. The van der Waals surface area contributed by atoms with Crippen molar-refractivity contribution in [3.8, 4) is 17.2 Å². The highest BCUT2D eigenvalue weighted by molar-refractivity contribution is 6.36. The molecule has 10 heteroatoms. The molecule has 1 aliphatic heterocycles. The second kappa shape index (κ2) is 12.3. The van der Waals surface area contributed by atoms with Crippen molar-refractivity contribution < 1.29 is 38.8 Å². The first-order chi connectivity index (χ1) is 18.8. The quantitative estimate of drug-likeness (QED) is 0.366. The van der Waals surface area contributed by atoms with E-state index in [4.69, 9.17) is 14.2 Å². The molecule has 2 aromatic carbocycles. The molecule has 1 aliphatic carbocycles. The number of nitrogens with zero attached hydrogens (tertiary/aromatic N) is 1. The predicted octanol–water partition coefficient (Wildman–Crippen LogP) is 1.38. The van der Waals surface area contributed by atoms with Crippen molar-refractivity contribution in [1.82, 2.24) is 10.2 Å². The van der Waals surface area contributed by atoms with E-state index in [-0.39, 0.29) is 26.1 Å². The number of carbonyl (C=O) groups excluding carboxylic acids is 3. The number of aliphatic hydroxyl groups excluding tert-OH is 2. The van der Waals surface area contributed by atoms with Gasteiger partial charge in [-0.05, 0) is 42.3 Å². The molecular formula is C29H34N2O8. The van der Waals surface area contributed by atoms with E-state index in [2.05, 4.69) is 5.32 Å². The molecule has 2 aliphatic rings. The molecule has 4 atom stereocenters. The van der Waals surface area contributed by atoms with Gasteiger partial charge in [0.1, 0.15) is 29.5 Å². The Balaban J connectivity index is 1.74. The van der Waals surface area contributed by atoms with Crippen molar-refractivity contribution in [2.45, 2.75) is 43.9 Å². The van der Waals surface area contributed by atoms with Crippen LogP contribution in [0, 0.1) is 0 Å². The molecule has 4 rings (SSSR count). The van der Waals surface area contributed by atoms with Crippen LogP contribution in [0.15, 0.2) is 54.1 Å². The summed E-state index contributed by atoms with van der Waals surface area (Å²) < 4.78 is 16.9. The Hall–Kier alpha value is -3.89. The van der Waals surface area contributed by atoms with Crippen molar-refractivity contribution in [1.29, 1.82) is 0 Å². The zero-order chi connectivity index (χ0) is 28.1. The van der Waals surface area contributed by atoms with E-state index >= 15 is 0 Å². The van der Waals surface area contributed by atoms with Crippen molar-refractivity contribution >= 4 is 17.6 Å². The van der Waals surface area contributed by atoms with Crippen LogP contribution in [0.1, 0.15) is 30.4 Å². The summed E-state index contributed by atoms with van der Waals surface area (Å²) in [7, 11) is 3.08. The number of Topliss-reactive ketones (excluding diaryl/α,β-unsaturated/α-hetero) is 1. The molecule has 0 saturated heterocycles. The molecule has 208 valence electrons. The summed E-state index contributed by atoms with van der Waals surface area (Å²) in [4.78, 5) is 40.6. The first-order valence-electron chi connectivity index (χ1n) is 12.9. The van der Waals surface area contributed by atoms with Crippen LogP contribution in [0.3, 0.4) is 0 Å². The Labute approximate surface area is 227 Å². The number of benzene rings is 2. The summed E-state index contributed by atoms with van der Waals surface area (Å²) in [6.45, 7) is 1.44. The molecule has 2 aromatic rings. The molecule has 39 heavy (non-hydrogen) atoms. The number of para-hydroxylation sites is 1. The van der Waals surface area contributed by atoms with Crippen molar-refractivity contribution in [2.75, 3.05) is 33.9 Å². The Morgan fingerprint density at radius 1 is 1.10 bits per heavy atom. The summed E-state index contributed by atoms with van der Waals surface area (Å²) in [5.74, 6) is -0.668. The van der Waals surface area contributed by atoms with Crippen LogP contribution in [0.5, 0.6) is 17.2 Å². The van der Waals surface area contributed by atoms with Crippen LogP contribution in [0.4, 0.5) is 0 Å². The van der Waals surface area contributed by atoms with Gasteiger partial charge in [0.15, 0.2) is 0 Å². The van der Waals surface area contributed by atoms with E-state index in [1.54, 1.807) is 50.4 Å². The van der Waals surface area contributed by atoms with Crippen LogP contribution in [-0.4, -0.2) is 84.9 Å². The van der Waals surface area contributed by atoms with Crippen molar-refractivity contribution in [3.63, 3.8) is 0 Å². The minimum Gasteiger partial charge on any atom is -0.497 e. The average Bonchev–Trinajstić information content (AvgIpc) is 3.36. The maximum absolute atomic E-state index is 13.4. The number of aliphatic hydroxyl groups is 2. The second-order valence-electron chi connectivity index (χ2n) is 9.38. The number of nitrogens with one attached hydrogen (secondary N) is 1. The van der Waals surface area contributed by atoms with Gasteiger partial charge in [0, 0.05) is 30.6 Å². The van der Waals surface area contributed by atoms with Crippen molar-refractivity contribution in [3.05, 3.63) is 65.2 Å². The normalized spacial score (nSPS) is 21.1. The van der Waals surface area contributed by atoms with Crippen LogP contribution in [0.2, 0.25) is 0 Å². The maximum atomic E-state index is 13.4. The number of carbonyl (C=O) groups is 3. The number of hydrogen-bond donors (Lipinski definition) is 3. The lowest BCUT2D eigenvalue weighted by Crippen LogP contribution is -2.57. The van der Waals surface area contributed by atoms with Gasteiger partial charge in [0.05, 0.1) is 32.8 Å². The van der Waals surface area contributed by atoms with E-state index in [1.165, 1.54) is 12.0 Å². The van der Waals surface area contributed by atoms with E-state index in [0.29, 0.717) is 29.2 Å². The predicted molar refractivity (Wildman–Crippen MR) is 142 cm³/mol. The molecule has 0 radical (unpaired) electrons. The zero-order valence-electron chi connectivity index (χ0n) is 22.3. The lowest BCUT2D eigenvalue weighted by Gasteiger charge is -2.40. The van der Waals surface area contributed by atoms with Gasteiger partial charge in [-0.25, -0.2) is 0 Å². The van der Waals surface area contributed by atoms with Gasteiger partial charge >= 0.3 is 0 Å². The summed E-state index contributed by atoms with van der Waals surface area (Å²) in [6, 6.07) is 11.5. The Morgan fingerprint density at radius 3 is 2.56 bits per heavy atom. The van der Waals surface area contributed by atoms with Gasteiger partial charge in [-0.15, -0.1) is 0 Å². The molecule has 3 N–H and O–H groups in total. The fourth-order valence-corrected chi connectivity index (χ4v) is 5.21. The Bertz CT molecular complexity index is 1260. The third-order valence-electron chi connectivity index (χ3n) is 7.17. The van der Waals surface area contributed by atoms with E-state index in [9.17, 15) is 24.6 Å². The largest absolute Gasteiger partial charge is 0.497 e. The molecule has 10 nitrogen and oxygen atoms in total. The lowest BCUT2D eigenvalue weighted by atomic mass is 9.77. The fraction of sp³-hybridized carbons (Fsp3) is 0.414. The summed E-state index contributed by atoms with van der Waals surface area (Å²) in [5, 5.41) is 23.5. The number of methoxy groups -OCH3 is 2. The van der Waals surface area contributed by atoms with Gasteiger partial charge in [-0.2, -0.15) is 0 Å². The van der Waals surface area contributed by atoms with Crippen LogP contribution in [-0.2, 0) is 20.8 Å². The first kappa shape index (κ1) is 28.1. The van der Waals surface area contributed by atoms with E-state index in [1.807, 2.05) is 12.1 Å². The maximum Gasteiger partial charge on any atom is 0.290 e. The highest BCUT2D eigenvalue weighted by Crippen LogP contribution is 2.47. The Kier molecular flexibility index (Phi) is 8.88. The van der Waals surface area contributed by atoms with Crippen LogP contribution < -0.4 is 19.5 Å². The van der Waals surface area contributed by atoms with E-state index in [0.717, 1.165) is 11.1 Å². The summed E-state index contributed by atoms with van der Waals surface area (Å²) in [5.41, 5.74) is 1.79. The minimum absolute atomic E-state index is 0.0117. The third-order valence-corrected chi connectivity index (χ3v) is 7.17. The molecule has 0 aromatic heterocycles. The fourth-order valence-electron chi connectivity index (χ4n) is 5.21. The topological polar surface area (TPSA) is 135 Å². The summed E-state index contributed by atoms with van der Waals surface area (Å²) >= 11 is 0. The molecule has 2 amide bonds. The van der Waals surface area contributed by atoms with Gasteiger partial charge < -0.3 is 34.6 Å². The number of ketones is 1. The van der Waals surface area contributed by atoms with Crippen LogP contribution in [0.25, 0.3) is 0 Å². The molecular weight excluding hydrogens is 504 g/mol. The number of ether oxygens (including phenoxy) is 3. The molecule has 0 saturated carbocycles. The number of fused-ring (bicyclic) bond motifs is 3. The van der Waals surface area contributed by atoms with Gasteiger partial charge in [-0.3, -0.25) is 14.4 Å². The highest BCUT2D eigenvalue weighted by Gasteiger charge is 2.50. The molecule has 0 unspecified atom stereocenters. The number of rotatable bonds is 11. The number of hydrogen-bond acceptors (Lipinski definition) is 8. The zero-order valence-corrected chi connectivity index (χ0v) is 22.3. The highest BCUT2D eigenvalue weighted by atomic mass is 16.5. The minimum atomic E-state index is -1.22.